The van der Waals surface area contributed by atoms with Gasteiger partial charge in [0.05, 0.1) is 10.0 Å². The average molecular weight is 442 g/mol. The molecule has 1 unspecified atom stereocenters. The average Bonchev–Trinajstić information content (AvgIpc) is 2.61. The molecule has 2 aliphatic rings. The molecule has 5 heteroatoms. The Kier molecular flexibility index (Phi) is 5.32. The maximum Gasteiger partial charge on any atom is 0.232 e. The fourth-order valence-corrected chi connectivity index (χ4v) is 5.29. The summed E-state index contributed by atoms with van der Waals surface area (Å²) >= 11 is 12.8. The van der Waals surface area contributed by atoms with E-state index in [4.69, 9.17) is 23.2 Å². The molecule has 0 fully saturated rings. The molecule has 3 nitrogen and oxygen atoms in total. The Morgan fingerprint density at radius 2 is 1.67 bits per heavy atom. The number of amides is 1. The van der Waals surface area contributed by atoms with Crippen LogP contribution in [0.15, 0.2) is 47.7 Å². The lowest BCUT2D eigenvalue weighted by molar-refractivity contribution is -0.121. The first-order valence-electron chi connectivity index (χ1n) is 10.2. The number of allylic oxidation sites excluding steroid dienone is 2. The lowest BCUT2D eigenvalue weighted by Gasteiger charge is -2.43. The molecule has 0 saturated carbocycles. The van der Waals surface area contributed by atoms with E-state index in [0.29, 0.717) is 28.5 Å². The van der Waals surface area contributed by atoms with Crippen molar-refractivity contribution in [2.45, 2.75) is 52.9 Å². The minimum absolute atomic E-state index is 0.0229. The molecule has 1 aliphatic heterocycles. The second kappa shape index (κ2) is 7.55. The van der Waals surface area contributed by atoms with Gasteiger partial charge in [0, 0.05) is 35.7 Å². The number of halogens is 2. The molecule has 156 valence electrons. The van der Waals surface area contributed by atoms with Crippen molar-refractivity contribution in [1.82, 2.24) is 0 Å². The number of ketones is 1. The van der Waals surface area contributed by atoms with Gasteiger partial charge in [0.2, 0.25) is 5.91 Å². The molecular weight excluding hydrogens is 417 g/mol. The minimum Gasteiger partial charge on any atom is -0.294 e. The highest BCUT2D eigenvalue weighted by atomic mass is 35.5. The Morgan fingerprint density at radius 1 is 1.00 bits per heavy atom. The predicted octanol–water partition coefficient (Wildman–Crippen LogP) is 6.77. The summed E-state index contributed by atoms with van der Waals surface area (Å²) in [4.78, 5) is 28.6. The van der Waals surface area contributed by atoms with Crippen molar-refractivity contribution in [3.05, 3.63) is 74.4 Å². The van der Waals surface area contributed by atoms with Gasteiger partial charge in [0.25, 0.3) is 0 Å². The summed E-state index contributed by atoms with van der Waals surface area (Å²) in [7, 11) is 0. The highest BCUT2D eigenvalue weighted by Gasteiger charge is 2.44. The first-order valence-corrected chi connectivity index (χ1v) is 10.9. The number of Topliss-reactive ketones (excluding diaryl/α,β-unsaturated/α-hetero) is 1. The van der Waals surface area contributed by atoms with Crippen LogP contribution in [0, 0.1) is 19.3 Å². The van der Waals surface area contributed by atoms with Crippen LogP contribution in [0.5, 0.6) is 0 Å². The highest BCUT2D eigenvalue weighted by Crippen LogP contribution is 2.49. The molecule has 4 rings (SSSR count). The van der Waals surface area contributed by atoms with Crippen LogP contribution in [0.25, 0.3) is 0 Å². The summed E-state index contributed by atoms with van der Waals surface area (Å²) < 4.78 is 0. The van der Waals surface area contributed by atoms with Crippen LogP contribution in [0.2, 0.25) is 10.0 Å². The standard InChI is InChI=1S/C25H25Cl2NO2/c1-14-8-15(2)10-16(9-14)28-20-12-25(3,4)13-21(29)23(20)18(11-22(28)30)17-6-5-7-19(26)24(17)27/h5-10,18H,11-13H2,1-4H3. The van der Waals surface area contributed by atoms with Crippen molar-refractivity contribution < 1.29 is 9.59 Å². The quantitative estimate of drug-likeness (QED) is 0.515. The van der Waals surface area contributed by atoms with Gasteiger partial charge in [-0.3, -0.25) is 14.5 Å². The molecular formula is C25H25Cl2NO2. The third-order valence-electron chi connectivity index (χ3n) is 5.96. The Hall–Kier alpha value is -2.10. The number of nitrogens with zero attached hydrogens (tertiary/aromatic N) is 1. The Morgan fingerprint density at radius 3 is 2.33 bits per heavy atom. The molecule has 0 spiro atoms. The van der Waals surface area contributed by atoms with Crippen LogP contribution in [0.3, 0.4) is 0 Å². The van der Waals surface area contributed by atoms with Gasteiger partial charge in [-0.2, -0.15) is 0 Å². The van der Waals surface area contributed by atoms with E-state index in [9.17, 15) is 9.59 Å². The van der Waals surface area contributed by atoms with Crippen LogP contribution in [0.1, 0.15) is 55.7 Å². The van der Waals surface area contributed by atoms with Gasteiger partial charge in [0.1, 0.15) is 0 Å². The Balaban J connectivity index is 1.95. The monoisotopic (exact) mass is 441 g/mol. The SMILES string of the molecule is Cc1cc(C)cc(N2C(=O)CC(c3cccc(Cl)c3Cl)C3=C2CC(C)(C)CC3=O)c1. The van der Waals surface area contributed by atoms with Crippen molar-refractivity contribution in [1.29, 1.82) is 0 Å². The molecule has 1 atom stereocenters. The van der Waals surface area contributed by atoms with Crippen molar-refractivity contribution in [3.8, 4) is 0 Å². The number of carbonyl (C=O) groups is 2. The summed E-state index contributed by atoms with van der Waals surface area (Å²) in [5.74, 6) is -0.307. The van der Waals surface area contributed by atoms with E-state index in [2.05, 4.69) is 19.9 Å². The normalized spacial score (nSPS) is 21.1. The fraction of sp³-hybridized carbons (Fsp3) is 0.360. The van der Waals surface area contributed by atoms with E-state index in [0.717, 1.165) is 28.1 Å². The number of hydrogen-bond acceptors (Lipinski definition) is 2. The molecule has 0 aromatic heterocycles. The highest BCUT2D eigenvalue weighted by molar-refractivity contribution is 6.42. The maximum absolute atomic E-state index is 13.5. The number of aryl methyl sites for hydroxylation is 2. The third-order valence-corrected chi connectivity index (χ3v) is 6.80. The van der Waals surface area contributed by atoms with Gasteiger partial charge in [-0.15, -0.1) is 0 Å². The van der Waals surface area contributed by atoms with E-state index in [-0.39, 0.29) is 29.4 Å². The molecule has 2 aromatic rings. The lowest BCUT2D eigenvalue weighted by Crippen LogP contribution is -2.43. The van der Waals surface area contributed by atoms with Crippen LogP contribution in [0.4, 0.5) is 5.69 Å². The van der Waals surface area contributed by atoms with E-state index >= 15 is 0 Å². The largest absolute Gasteiger partial charge is 0.294 e. The van der Waals surface area contributed by atoms with Crippen LogP contribution in [-0.2, 0) is 9.59 Å². The zero-order valence-corrected chi connectivity index (χ0v) is 19.2. The number of hydrogen-bond donors (Lipinski definition) is 0. The molecule has 30 heavy (non-hydrogen) atoms. The zero-order valence-electron chi connectivity index (χ0n) is 17.7. The fourth-order valence-electron chi connectivity index (χ4n) is 4.85. The Bertz CT molecular complexity index is 1080. The molecule has 0 saturated heterocycles. The van der Waals surface area contributed by atoms with Gasteiger partial charge in [-0.05, 0) is 60.6 Å². The second-order valence-corrected chi connectivity index (χ2v) is 10.1. The molecule has 1 aliphatic carbocycles. The smallest absolute Gasteiger partial charge is 0.232 e. The minimum atomic E-state index is -0.371. The first-order chi connectivity index (χ1) is 14.1. The van der Waals surface area contributed by atoms with E-state index in [1.807, 2.05) is 38.1 Å². The van der Waals surface area contributed by atoms with Crippen LogP contribution >= 0.6 is 23.2 Å². The first kappa shape index (κ1) is 21.1. The summed E-state index contributed by atoms with van der Waals surface area (Å²) in [6, 6.07) is 11.5. The summed E-state index contributed by atoms with van der Waals surface area (Å²) in [5.41, 5.74) is 5.04. The molecule has 0 radical (unpaired) electrons. The second-order valence-electron chi connectivity index (χ2n) is 9.28. The van der Waals surface area contributed by atoms with Crippen molar-refractivity contribution in [3.63, 3.8) is 0 Å². The summed E-state index contributed by atoms with van der Waals surface area (Å²) in [5, 5.41) is 0.852. The maximum atomic E-state index is 13.5. The number of anilines is 1. The van der Waals surface area contributed by atoms with Gasteiger partial charge in [-0.1, -0.05) is 55.2 Å². The molecule has 1 amide bonds. The third kappa shape index (κ3) is 3.70. The van der Waals surface area contributed by atoms with Gasteiger partial charge in [0.15, 0.2) is 5.78 Å². The van der Waals surface area contributed by atoms with Gasteiger partial charge in [-0.25, -0.2) is 0 Å². The summed E-state index contributed by atoms with van der Waals surface area (Å²) in [6.07, 6.45) is 1.30. The summed E-state index contributed by atoms with van der Waals surface area (Å²) in [6.45, 7) is 8.19. The van der Waals surface area contributed by atoms with E-state index in [1.54, 1.807) is 11.0 Å². The van der Waals surface area contributed by atoms with Crippen molar-refractivity contribution in [2.24, 2.45) is 5.41 Å². The molecule has 2 aromatic carbocycles. The predicted molar refractivity (Wildman–Crippen MR) is 122 cm³/mol. The number of benzene rings is 2. The van der Waals surface area contributed by atoms with Crippen LogP contribution in [-0.4, -0.2) is 11.7 Å². The van der Waals surface area contributed by atoms with Crippen molar-refractivity contribution in [2.75, 3.05) is 4.90 Å². The number of rotatable bonds is 2. The number of carbonyl (C=O) groups excluding carboxylic acids is 2. The van der Waals surface area contributed by atoms with E-state index < -0.39 is 0 Å². The van der Waals surface area contributed by atoms with Gasteiger partial charge < -0.3 is 0 Å². The Labute approximate surface area is 187 Å². The zero-order chi connectivity index (χ0) is 21.8. The molecule has 0 N–H and O–H groups in total. The van der Waals surface area contributed by atoms with E-state index in [1.165, 1.54) is 0 Å². The van der Waals surface area contributed by atoms with Gasteiger partial charge >= 0.3 is 0 Å². The van der Waals surface area contributed by atoms with Crippen LogP contribution < -0.4 is 4.90 Å². The molecule has 0 bridgehead atoms. The topological polar surface area (TPSA) is 37.4 Å². The molecule has 1 heterocycles. The van der Waals surface area contributed by atoms with Crippen molar-refractivity contribution >= 4 is 40.6 Å². The lowest BCUT2D eigenvalue weighted by atomic mass is 9.69.